The van der Waals surface area contributed by atoms with E-state index in [4.69, 9.17) is 20.1 Å². The van der Waals surface area contributed by atoms with Crippen LogP contribution in [0.15, 0.2) is 17.1 Å². The number of nitrogens with zero attached hydrogens (tertiary/aromatic N) is 2. The lowest BCUT2D eigenvalue weighted by atomic mass is 10.3. The van der Waals surface area contributed by atoms with Crippen molar-refractivity contribution < 1.29 is 28.6 Å². The van der Waals surface area contributed by atoms with Crippen LogP contribution < -0.4 is 16.5 Å². The molecule has 12 heteroatoms. The summed E-state index contributed by atoms with van der Waals surface area (Å²) in [4.78, 5) is 35.7. The van der Waals surface area contributed by atoms with Crippen molar-refractivity contribution in [1.82, 2.24) is 14.6 Å². The number of carboxylic acid groups (broad SMARTS) is 1. The third-order valence-electron chi connectivity index (χ3n) is 3.25. The van der Waals surface area contributed by atoms with Crippen LogP contribution in [-0.2, 0) is 18.6 Å². The lowest BCUT2D eigenvalue weighted by Crippen LogP contribution is -2.33. The zero-order chi connectivity index (χ0) is 19.2. The SMILES string of the molecule is CCC(COP(=O)(O)NC(C)C(=O)O)OC(C)n1ccc(N)nc1=O. The Balaban J connectivity index is 2.66. The molecule has 0 saturated carbocycles. The van der Waals surface area contributed by atoms with Gasteiger partial charge in [0.15, 0.2) is 0 Å². The number of ether oxygens (including phenoxy) is 1. The summed E-state index contributed by atoms with van der Waals surface area (Å²) in [7, 11) is -4.31. The Morgan fingerprint density at radius 2 is 2.16 bits per heavy atom. The molecule has 5 N–H and O–H groups in total. The van der Waals surface area contributed by atoms with Gasteiger partial charge in [-0.2, -0.15) is 4.98 Å². The Morgan fingerprint density at radius 3 is 2.68 bits per heavy atom. The fraction of sp³-hybridized carbons (Fsp3) is 0.615. The van der Waals surface area contributed by atoms with E-state index in [0.717, 1.165) is 0 Å². The van der Waals surface area contributed by atoms with E-state index in [1.165, 1.54) is 23.8 Å². The number of carbonyl (C=O) groups is 1. The van der Waals surface area contributed by atoms with Crippen LogP contribution in [0.2, 0.25) is 0 Å². The van der Waals surface area contributed by atoms with Crippen LogP contribution in [0.5, 0.6) is 0 Å². The molecule has 0 aliphatic rings. The summed E-state index contributed by atoms with van der Waals surface area (Å²) in [6, 6.07) is 0.188. The third kappa shape index (κ3) is 6.92. The first kappa shape index (κ1) is 21.3. The molecule has 1 heterocycles. The fourth-order valence-corrected chi connectivity index (χ4v) is 2.86. The van der Waals surface area contributed by atoms with Crippen LogP contribution in [-0.4, -0.2) is 44.3 Å². The molecule has 0 saturated heterocycles. The summed E-state index contributed by atoms with van der Waals surface area (Å²) in [6.07, 6.45) is 0.534. The number of nitrogen functional groups attached to an aromatic ring is 1. The highest BCUT2D eigenvalue weighted by Gasteiger charge is 2.27. The molecule has 25 heavy (non-hydrogen) atoms. The highest BCUT2D eigenvalue weighted by molar-refractivity contribution is 7.50. The van der Waals surface area contributed by atoms with E-state index in [-0.39, 0.29) is 12.4 Å². The van der Waals surface area contributed by atoms with Gasteiger partial charge in [-0.1, -0.05) is 6.92 Å². The quantitative estimate of drug-likeness (QED) is 0.416. The van der Waals surface area contributed by atoms with Gasteiger partial charge in [0, 0.05) is 6.20 Å². The average Bonchev–Trinajstić information content (AvgIpc) is 2.50. The van der Waals surface area contributed by atoms with E-state index in [9.17, 15) is 19.0 Å². The summed E-state index contributed by atoms with van der Waals surface area (Å²) in [6.45, 7) is 4.31. The van der Waals surface area contributed by atoms with Crippen molar-refractivity contribution >= 4 is 19.5 Å². The second-order valence-electron chi connectivity index (χ2n) is 5.31. The minimum atomic E-state index is -4.31. The predicted molar refractivity (Wildman–Crippen MR) is 88.8 cm³/mol. The number of carboxylic acids is 1. The molecule has 1 aromatic heterocycles. The monoisotopic (exact) mass is 378 g/mol. The molecule has 11 nitrogen and oxygen atoms in total. The van der Waals surface area contributed by atoms with E-state index < -0.39 is 37.8 Å². The van der Waals surface area contributed by atoms with Crippen LogP contribution in [0.1, 0.15) is 33.4 Å². The van der Waals surface area contributed by atoms with Gasteiger partial charge in [0.2, 0.25) is 0 Å². The molecule has 1 aromatic rings. The zero-order valence-corrected chi connectivity index (χ0v) is 15.1. The molecule has 4 unspecified atom stereocenters. The molecular formula is C13H23N4O7P. The number of aromatic nitrogens is 2. The van der Waals surface area contributed by atoms with Crippen LogP contribution in [0.3, 0.4) is 0 Å². The number of nitrogens with one attached hydrogen (secondary N) is 1. The van der Waals surface area contributed by atoms with E-state index in [2.05, 4.69) is 4.98 Å². The summed E-state index contributed by atoms with van der Waals surface area (Å²) >= 11 is 0. The molecule has 0 amide bonds. The fourth-order valence-electron chi connectivity index (χ4n) is 1.82. The minimum absolute atomic E-state index is 0.0867. The highest BCUT2D eigenvalue weighted by Crippen LogP contribution is 2.38. The van der Waals surface area contributed by atoms with Crippen LogP contribution in [0.4, 0.5) is 5.82 Å². The molecular weight excluding hydrogens is 355 g/mol. The minimum Gasteiger partial charge on any atom is -0.480 e. The molecule has 0 fully saturated rings. The topological polar surface area (TPSA) is 166 Å². The zero-order valence-electron chi connectivity index (χ0n) is 14.2. The smallest absolute Gasteiger partial charge is 0.403 e. The van der Waals surface area contributed by atoms with Crippen molar-refractivity contribution in [2.45, 2.75) is 45.6 Å². The molecule has 142 valence electrons. The summed E-state index contributed by atoms with van der Waals surface area (Å²) in [5.41, 5.74) is 4.83. The summed E-state index contributed by atoms with van der Waals surface area (Å²) in [5.74, 6) is -1.20. The van der Waals surface area contributed by atoms with Gasteiger partial charge in [0.05, 0.1) is 12.7 Å². The maximum Gasteiger partial charge on any atom is 0.403 e. The third-order valence-corrected chi connectivity index (χ3v) is 4.46. The second-order valence-corrected chi connectivity index (χ2v) is 6.87. The molecule has 1 rings (SSSR count). The Hall–Kier alpha value is -1.78. The molecule has 4 atom stereocenters. The normalized spacial score (nSPS) is 17.4. The standard InChI is InChI=1S/C13H23N4O7P/c1-4-10(7-23-25(21,22)16-8(2)12(18)19)24-9(3)17-6-5-11(14)15-13(17)20/h5-6,8-10H,4,7H2,1-3H3,(H,18,19)(H2,14,15,20)(H2,16,21,22). The number of aliphatic carboxylic acids is 1. The number of hydrogen-bond acceptors (Lipinski definition) is 7. The van der Waals surface area contributed by atoms with Crippen LogP contribution in [0, 0.1) is 0 Å². The van der Waals surface area contributed by atoms with Gasteiger partial charge in [-0.25, -0.2) is 14.4 Å². The van der Waals surface area contributed by atoms with Gasteiger partial charge >= 0.3 is 19.4 Å². The van der Waals surface area contributed by atoms with Crippen molar-refractivity contribution in [1.29, 1.82) is 0 Å². The second kappa shape index (κ2) is 9.07. The van der Waals surface area contributed by atoms with E-state index in [1.54, 1.807) is 13.8 Å². The number of hydrogen-bond donors (Lipinski definition) is 4. The lowest BCUT2D eigenvalue weighted by molar-refractivity contribution is -0.138. The average molecular weight is 378 g/mol. The maximum absolute atomic E-state index is 11.8. The van der Waals surface area contributed by atoms with E-state index in [1.807, 2.05) is 5.09 Å². The number of nitrogens with two attached hydrogens (primary N) is 1. The van der Waals surface area contributed by atoms with Gasteiger partial charge in [-0.3, -0.25) is 13.9 Å². The highest BCUT2D eigenvalue weighted by atomic mass is 31.2. The van der Waals surface area contributed by atoms with Crippen molar-refractivity contribution in [3.8, 4) is 0 Å². The molecule has 0 radical (unpaired) electrons. The van der Waals surface area contributed by atoms with Gasteiger partial charge < -0.3 is 20.5 Å². The Bertz CT molecular complexity index is 695. The maximum atomic E-state index is 11.8. The van der Waals surface area contributed by atoms with E-state index in [0.29, 0.717) is 6.42 Å². The molecule has 0 bridgehead atoms. The number of rotatable bonds is 10. The molecule has 0 aliphatic heterocycles. The van der Waals surface area contributed by atoms with Crippen molar-refractivity contribution in [3.63, 3.8) is 0 Å². The van der Waals surface area contributed by atoms with Gasteiger partial charge in [0.1, 0.15) is 18.1 Å². The van der Waals surface area contributed by atoms with E-state index >= 15 is 0 Å². The predicted octanol–water partition coefficient (Wildman–Crippen LogP) is 0.319. The largest absolute Gasteiger partial charge is 0.480 e. The molecule has 0 aliphatic carbocycles. The van der Waals surface area contributed by atoms with Crippen molar-refractivity contribution in [3.05, 3.63) is 22.7 Å². The first-order valence-electron chi connectivity index (χ1n) is 7.53. The van der Waals surface area contributed by atoms with Crippen LogP contribution >= 0.6 is 7.75 Å². The molecule has 0 aromatic carbocycles. The van der Waals surface area contributed by atoms with Crippen molar-refractivity contribution in [2.24, 2.45) is 0 Å². The summed E-state index contributed by atoms with van der Waals surface area (Å²) < 4.78 is 23.5. The summed E-state index contributed by atoms with van der Waals surface area (Å²) in [5, 5.41) is 10.7. The lowest BCUT2D eigenvalue weighted by Gasteiger charge is -2.24. The number of anilines is 1. The first-order chi connectivity index (χ1) is 11.6. The van der Waals surface area contributed by atoms with Crippen molar-refractivity contribution in [2.75, 3.05) is 12.3 Å². The van der Waals surface area contributed by atoms with Gasteiger partial charge in [0.25, 0.3) is 0 Å². The Kier molecular flexibility index (Phi) is 7.71. The van der Waals surface area contributed by atoms with Gasteiger partial charge in [-0.15, -0.1) is 0 Å². The Morgan fingerprint density at radius 1 is 1.52 bits per heavy atom. The first-order valence-corrected chi connectivity index (χ1v) is 9.11. The van der Waals surface area contributed by atoms with Crippen LogP contribution in [0.25, 0.3) is 0 Å². The molecule has 0 spiro atoms. The Labute approximate surface area is 144 Å². The van der Waals surface area contributed by atoms with Gasteiger partial charge in [-0.05, 0) is 26.3 Å².